The van der Waals surface area contributed by atoms with E-state index in [0.717, 1.165) is 27.2 Å². The first-order valence-electron chi connectivity index (χ1n) is 5.04. The maximum absolute atomic E-state index is 4.48. The van der Waals surface area contributed by atoms with Crippen LogP contribution in [0.25, 0.3) is 22.2 Å². The van der Waals surface area contributed by atoms with Crippen LogP contribution in [-0.2, 0) is 0 Å². The molecule has 0 aliphatic rings. The molecule has 0 radical (unpaired) electrons. The summed E-state index contributed by atoms with van der Waals surface area (Å²) in [4.78, 5) is 10.9. The first kappa shape index (κ1) is 9.66. The van der Waals surface area contributed by atoms with Crippen LogP contribution in [0, 0.1) is 6.92 Å². The van der Waals surface area contributed by atoms with Gasteiger partial charge in [0.1, 0.15) is 16.1 Å². The van der Waals surface area contributed by atoms with Crippen LogP contribution in [0.5, 0.6) is 0 Å². The van der Waals surface area contributed by atoms with Gasteiger partial charge < -0.3 is 9.97 Å². The van der Waals surface area contributed by atoms with E-state index in [0.29, 0.717) is 0 Å². The first-order chi connectivity index (χ1) is 7.75. The fourth-order valence-electron chi connectivity index (χ4n) is 1.91. The number of para-hydroxylation sites is 1. The molecule has 0 amide bonds. The number of aromatic amines is 2. The zero-order chi connectivity index (χ0) is 11.1. The van der Waals surface area contributed by atoms with Crippen LogP contribution in [0.2, 0.25) is 0 Å². The van der Waals surface area contributed by atoms with E-state index in [4.69, 9.17) is 0 Å². The summed E-state index contributed by atoms with van der Waals surface area (Å²) in [7, 11) is 0. The Labute approximate surface area is 101 Å². The Morgan fingerprint density at radius 2 is 2.06 bits per heavy atom. The average molecular weight is 276 g/mol. The van der Waals surface area contributed by atoms with Crippen LogP contribution in [0.3, 0.4) is 0 Å². The predicted molar refractivity (Wildman–Crippen MR) is 68.3 cm³/mol. The Balaban J connectivity index is 2.30. The monoisotopic (exact) mass is 275 g/mol. The van der Waals surface area contributed by atoms with E-state index >= 15 is 0 Å². The van der Waals surface area contributed by atoms with Gasteiger partial charge in [-0.2, -0.15) is 0 Å². The zero-order valence-electron chi connectivity index (χ0n) is 8.71. The second kappa shape index (κ2) is 3.49. The molecule has 16 heavy (non-hydrogen) atoms. The molecule has 0 saturated carbocycles. The highest BCUT2D eigenvalue weighted by Crippen LogP contribution is 2.31. The van der Waals surface area contributed by atoms with Crippen molar-refractivity contribution in [3.63, 3.8) is 0 Å². The van der Waals surface area contributed by atoms with Crippen molar-refractivity contribution in [3.05, 3.63) is 40.9 Å². The minimum absolute atomic E-state index is 0.909. The molecule has 0 bridgehead atoms. The van der Waals surface area contributed by atoms with E-state index in [1.165, 1.54) is 5.39 Å². The van der Waals surface area contributed by atoms with E-state index in [-0.39, 0.29) is 0 Å². The van der Waals surface area contributed by atoms with Crippen molar-refractivity contribution in [1.82, 2.24) is 15.0 Å². The molecular weight excluding hydrogens is 266 g/mol. The number of aryl methyl sites for hydroxylation is 1. The number of hydrogen-bond acceptors (Lipinski definition) is 1. The van der Waals surface area contributed by atoms with Crippen LogP contribution < -0.4 is 0 Å². The zero-order valence-corrected chi connectivity index (χ0v) is 10.3. The van der Waals surface area contributed by atoms with Crippen molar-refractivity contribution in [2.24, 2.45) is 0 Å². The number of rotatable bonds is 1. The maximum atomic E-state index is 4.48. The number of fused-ring (bicyclic) bond motifs is 1. The summed E-state index contributed by atoms with van der Waals surface area (Å²) in [6, 6.07) is 8.21. The number of benzene rings is 1. The molecule has 1 aromatic carbocycles. The minimum atomic E-state index is 0.909. The Morgan fingerprint density at radius 3 is 2.81 bits per heavy atom. The van der Waals surface area contributed by atoms with E-state index in [1.54, 1.807) is 0 Å². The molecule has 2 heterocycles. The summed E-state index contributed by atoms with van der Waals surface area (Å²) in [6.45, 7) is 1.95. The Hall–Kier alpha value is -1.55. The SMILES string of the molecule is Cc1nc(-c2c[nH]c3ccccc23)c(Br)[nH]1. The molecule has 0 fully saturated rings. The van der Waals surface area contributed by atoms with Crippen molar-refractivity contribution >= 4 is 26.8 Å². The van der Waals surface area contributed by atoms with Crippen LogP contribution in [0.1, 0.15) is 5.82 Å². The van der Waals surface area contributed by atoms with Crippen molar-refractivity contribution in [2.45, 2.75) is 6.92 Å². The lowest BCUT2D eigenvalue weighted by Crippen LogP contribution is -1.76. The summed E-state index contributed by atoms with van der Waals surface area (Å²) in [5.74, 6) is 0.909. The molecule has 3 rings (SSSR count). The second-order valence-electron chi connectivity index (χ2n) is 3.73. The number of halogens is 1. The molecule has 4 heteroatoms. The summed E-state index contributed by atoms with van der Waals surface area (Å²) in [5.41, 5.74) is 3.20. The van der Waals surface area contributed by atoms with E-state index in [9.17, 15) is 0 Å². The van der Waals surface area contributed by atoms with Crippen LogP contribution in [0.15, 0.2) is 35.1 Å². The third-order valence-corrected chi connectivity index (χ3v) is 3.20. The maximum Gasteiger partial charge on any atom is 0.110 e. The number of nitrogens with one attached hydrogen (secondary N) is 2. The lowest BCUT2D eigenvalue weighted by atomic mass is 10.1. The quantitative estimate of drug-likeness (QED) is 0.700. The van der Waals surface area contributed by atoms with E-state index in [1.807, 2.05) is 25.3 Å². The molecule has 0 atom stereocenters. The van der Waals surface area contributed by atoms with Gasteiger partial charge in [-0.05, 0) is 28.9 Å². The summed E-state index contributed by atoms with van der Waals surface area (Å²) >= 11 is 3.49. The normalized spacial score (nSPS) is 11.1. The third-order valence-electron chi connectivity index (χ3n) is 2.62. The molecule has 0 spiro atoms. The molecule has 0 aliphatic heterocycles. The Kier molecular flexibility index (Phi) is 2.11. The number of H-pyrrole nitrogens is 2. The van der Waals surface area contributed by atoms with Gasteiger partial charge in [0.2, 0.25) is 0 Å². The smallest absolute Gasteiger partial charge is 0.110 e. The van der Waals surface area contributed by atoms with Gasteiger partial charge in [0.25, 0.3) is 0 Å². The van der Waals surface area contributed by atoms with Crippen LogP contribution in [0.4, 0.5) is 0 Å². The van der Waals surface area contributed by atoms with E-state index < -0.39 is 0 Å². The lowest BCUT2D eigenvalue weighted by molar-refractivity contribution is 1.14. The average Bonchev–Trinajstić information content (AvgIpc) is 2.81. The Morgan fingerprint density at radius 1 is 1.25 bits per heavy atom. The number of imidazole rings is 1. The highest BCUT2D eigenvalue weighted by atomic mass is 79.9. The van der Waals surface area contributed by atoms with Crippen molar-refractivity contribution in [3.8, 4) is 11.3 Å². The molecule has 0 saturated heterocycles. The Bertz CT molecular complexity index is 651. The molecule has 80 valence electrons. The van der Waals surface area contributed by atoms with Gasteiger partial charge in [0.15, 0.2) is 0 Å². The highest BCUT2D eigenvalue weighted by molar-refractivity contribution is 9.10. The third kappa shape index (κ3) is 1.38. The topological polar surface area (TPSA) is 44.5 Å². The van der Waals surface area contributed by atoms with Crippen molar-refractivity contribution < 1.29 is 0 Å². The van der Waals surface area contributed by atoms with Gasteiger partial charge in [-0.25, -0.2) is 4.98 Å². The summed E-state index contributed by atoms with van der Waals surface area (Å²) < 4.78 is 0.926. The van der Waals surface area contributed by atoms with Gasteiger partial charge in [0, 0.05) is 22.7 Å². The number of nitrogens with zero attached hydrogens (tertiary/aromatic N) is 1. The molecular formula is C12H10BrN3. The minimum Gasteiger partial charge on any atom is -0.360 e. The molecule has 0 unspecified atom stereocenters. The van der Waals surface area contributed by atoms with Crippen LogP contribution >= 0.6 is 15.9 Å². The molecule has 2 N–H and O–H groups in total. The standard InChI is InChI=1S/C12H10BrN3/c1-7-15-11(12(13)16-7)9-6-14-10-5-3-2-4-8(9)10/h2-6,14H,1H3,(H,15,16). The fraction of sp³-hybridized carbons (Fsp3) is 0.0833. The number of hydrogen-bond donors (Lipinski definition) is 2. The van der Waals surface area contributed by atoms with Gasteiger partial charge in [-0.15, -0.1) is 0 Å². The molecule has 3 nitrogen and oxygen atoms in total. The van der Waals surface area contributed by atoms with Crippen molar-refractivity contribution in [2.75, 3.05) is 0 Å². The highest BCUT2D eigenvalue weighted by Gasteiger charge is 2.12. The molecule has 2 aromatic heterocycles. The predicted octanol–water partition coefficient (Wildman–Crippen LogP) is 3.63. The second-order valence-corrected chi connectivity index (χ2v) is 4.53. The summed E-state index contributed by atoms with van der Waals surface area (Å²) in [5, 5.41) is 1.19. The van der Waals surface area contributed by atoms with Gasteiger partial charge in [-0.1, -0.05) is 18.2 Å². The molecule has 3 aromatic rings. The molecule has 0 aliphatic carbocycles. The van der Waals surface area contributed by atoms with E-state index in [2.05, 4.69) is 43.0 Å². The van der Waals surface area contributed by atoms with Crippen LogP contribution in [-0.4, -0.2) is 15.0 Å². The van der Waals surface area contributed by atoms with Gasteiger partial charge >= 0.3 is 0 Å². The van der Waals surface area contributed by atoms with Gasteiger partial charge in [0.05, 0.1) is 0 Å². The number of aromatic nitrogens is 3. The largest absolute Gasteiger partial charge is 0.360 e. The summed E-state index contributed by atoms with van der Waals surface area (Å²) in [6.07, 6.45) is 1.99. The lowest BCUT2D eigenvalue weighted by Gasteiger charge is -1.94. The van der Waals surface area contributed by atoms with Gasteiger partial charge in [-0.3, -0.25) is 0 Å². The van der Waals surface area contributed by atoms with Crippen molar-refractivity contribution in [1.29, 1.82) is 0 Å². The first-order valence-corrected chi connectivity index (χ1v) is 5.83. The fourth-order valence-corrected chi connectivity index (χ4v) is 2.50.